The van der Waals surface area contributed by atoms with Gasteiger partial charge in [-0.1, -0.05) is 36.8 Å². The topological polar surface area (TPSA) is 43.1 Å². The summed E-state index contributed by atoms with van der Waals surface area (Å²) in [6.45, 7) is 0. The van der Waals surface area contributed by atoms with Crippen LogP contribution in [0.4, 0.5) is 0 Å². The molecule has 2 saturated carbocycles. The van der Waals surface area contributed by atoms with Gasteiger partial charge >= 0.3 is 0 Å². The highest BCUT2D eigenvalue weighted by Crippen LogP contribution is 2.56. The highest BCUT2D eigenvalue weighted by Gasteiger charge is 2.59. The van der Waals surface area contributed by atoms with Crippen molar-refractivity contribution in [1.82, 2.24) is 0 Å². The van der Waals surface area contributed by atoms with E-state index in [0.717, 1.165) is 12.0 Å². The van der Waals surface area contributed by atoms with Crippen molar-refractivity contribution in [1.29, 1.82) is 0 Å². The van der Waals surface area contributed by atoms with Gasteiger partial charge in [0.2, 0.25) is 6.04 Å². The molecule has 1 aromatic carbocycles. The minimum atomic E-state index is -0.324. The molecule has 3 rings (SSSR count). The average molecular weight is 217 g/mol. The number of rotatable bonds is 2. The van der Waals surface area contributed by atoms with E-state index in [0.29, 0.717) is 11.8 Å². The van der Waals surface area contributed by atoms with Crippen molar-refractivity contribution in [3.05, 3.63) is 46.0 Å². The molecule has 2 aliphatic rings. The van der Waals surface area contributed by atoms with E-state index in [9.17, 15) is 10.1 Å². The molecular formula is C13H15NO2. The molecule has 0 unspecified atom stereocenters. The molecule has 0 radical (unpaired) electrons. The van der Waals surface area contributed by atoms with Crippen molar-refractivity contribution < 1.29 is 4.92 Å². The molecule has 0 spiro atoms. The molecule has 3 heteroatoms. The molecule has 0 heterocycles. The van der Waals surface area contributed by atoms with Gasteiger partial charge in [0.25, 0.3) is 0 Å². The fraction of sp³-hybridized carbons (Fsp3) is 0.538. The Hall–Kier alpha value is -1.38. The SMILES string of the molecule is O=[N+]([O-])[C@@H]1[C@@H]2CCC[C@@H]2[C@H]1c1ccccc1. The first-order valence-electron chi connectivity index (χ1n) is 5.97. The average Bonchev–Trinajstić information content (AvgIpc) is 2.63. The molecule has 4 atom stereocenters. The number of benzene rings is 1. The van der Waals surface area contributed by atoms with Crippen LogP contribution in [-0.4, -0.2) is 11.0 Å². The fourth-order valence-corrected chi connectivity index (χ4v) is 3.67. The molecular weight excluding hydrogens is 202 g/mol. The van der Waals surface area contributed by atoms with Crippen LogP contribution in [0.2, 0.25) is 0 Å². The van der Waals surface area contributed by atoms with Crippen LogP contribution >= 0.6 is 0 Å². The molecule has 3 nitrogen and oxygen atoms in total. The van der Waals surface area contributed by atoms with Gasteiger partial charge in [0.1, 0.15) is 0 Å². The Kier molecular flexibility index (Phi) is 2.20. The largest absolute Gasteiger partial charge is 0.264 e. The minimum absolute atomic E-state index is 0.0514. The number of nitrogens with zero attached hydrogens (tertiary/aromatic N) is 1. The Morgan fingerprint density at radius 1 is 1.12 bits per heavy atom. The van der Waals surface area contributed by atoms with E-state index in [1.54, 1.807) is 0 Å². The quantitative estimate of drug-likeness (QED) is 0.564. The van der Waals surface area contributed by atoms with Gasteiger partial charge in [0.05, 0.1) is 5.92 Å². The summed E-state index contributed by atoms with van der Waals surface area (Å²) in [5.41, 5.74) is 1.16. The van der Waals surface area contributed by atoms with Crippen LogP contribution in [0.1, 0.15) is 30.7 Å². The summed E-state index contributed by atoms with van der Waals surface area (Å²) in [4.78, 5) is 11.1. The Bertz CT molecular complexity index is 404. The van der Waals surface area contributed by atoms with Gasteiger partial charge in [0.15, 0.2) is 0 Å². The van der Waals surface area contributed by atoms with Crippen LogP contribution in [0, 0.1) is 22.0 Å². The third-order valence-corrected chi connectivity index (χ3v) is 4.32. The molecule has 0 amide bonds. The first-order chi connectivity index (χ1) is 7.79. The standard InChI is InChI=1S/C13H15NO2/c15-14(16)13-11-8-4-7-10(11)12(13)9-5-2-1-3-6-9/h1-3,5-6,10-13H,4,7-8H2/t10-,11+,12+,13+/m0/s1. The smallest absolute Gasteiger partial charge is 0.223 e. The third kappa shape index (κ3) is 1.27. The van der Waals surface area contributed by atoms with Crippen molar-refractivity contribution in [3.8, 4) is 0 Å². The Morgan fingerprint density at radius 3 is 2.50 bits per heavy atom. The summed E-state index contributed by atoms with van der Waals surface area (Å²) in [6, 6.07) is 9.68. The van der Waals surface area contributed by atoms with Crippen LogP contribution in [0.15, 0.2) is 30.3 Å². The van der Waals surface area contributed by atoms with Gasteiger partial charge < -0.3 is 0 Å². The maximum absolute atomic E-state index is 11.1. The Labute approximate surface area is 94.6 Å². The normalized spacial score (nSPS) is 36.5. The number of hydrogen-bond donors (Lipinski definition) is 0. The molecule has 0 bridgehead atoms. The Balaban J connectivity index is 1.91. The Morgan fingerprint density at radius 2 is 1.81 bits per heavy atom. The van der Waals surface area contributed by atoms with Crippen LogP contribution in [-0.2, 0) is 0 Å². The van der Waals surface area contributed by atoms with E-state index in [4.69, 9.17) is 0 Å². The summed E-state index contributed by atoms with van der Waals surface area (Å²) in [5, 5.41) is 11.1. The fourth-order valence-electron chi connectivity index (χ4n) is 3.67. The van der Waals surface area contributed by atoms with E-state index in [-0.39, 0.29) is 16.9 Å². The summed E-state index contributed by atoms with van der Waals surface area (Å²) >= 11 is 0. The van der Waals surface area contributed by atoms with Crippen molar-refractivity contribution in [2.75, 3.05) is 0 Å². The second-order valence-corrected chi connectivity index (χ2v) is 4.97. The van der Waals surface area contributed by atoms with E-state index in [2.05, 4.69) is 0 Å². The highest BCUT2D eigenvalue weighted by atomic mass is 16.6. The van der Waals surface area contributed by atoms with Crippen LogP contribution in [0.25, 0.3) is 0 Å². The van der Waals surface area contributed by atoms with Crippen LogP contribution in [0.5, 0.6) is 0 Å². The molecule has 0 N–H and O–H groups in total. The number of fused-ring (bicyclic) bond motifs is 1. The zero-order valence-electron chi connectivity index (χ0n) is 9.08. The second kappa shape index (κ2) is 3.58. The first kappa shape index (κ1) is 9.82. The molecule has 1 aromatic rings. The summed E-state index contributed by atoms with van der Waals surface area (Å²) in [7, 11) is 0. The van der Waals surface area contributed by atoms with Crippen molar-refractivity contribution in [2.45, 2.75) is 31.2 Å². The van der Waals surface area contributed by atoms with E-state index in [1.165, 1.54) is 12.8 Å². The van der Waals surface area contributed by atoms with Gasteiger partial charge in [-0.15, -0.1) is 0 Å². The molecule has 0 saturated heterocycles. The lowest BCUT2D eigenvalue weighted by molar-refractivity contribution is -0.557. The monoisotopic (exact) mass is 217 g/mol. The number of nitro groups is 1. The maximum Gasteiger partial charge on any atom is 0.223 e. The van der Waals surface area contributed by atoms with Gasteiger partial charge in [-0.2, -0.15) is 0 Å². The summed E-state index contributed by atoms with van der Waals surface area (Å²) in [6.07, 6.45) is 3.40. The molecule has 0 aromatic heterocycles. The lowest BCUT2D eigenvalue weighted by Crippen LogP contribution is -2.51. The van der Waals surface area contributed by atoms with Crippen molar-refractivity contribution in [2.24, 2.45) is 11.8 Å². The van der Waals surface area contributed by atoms with Gasteiger partial charge in [-0.05, 0) is 24.3 Å². The van der Waals surface area contributed by atoms with Crippen molar-refractivity contribution in [3.63, 3.8) is 0 Å². The van der Waals surface area contributed by atoms with E-state index >= 15 is 0 Å². The predicted octanol–water partition coefficient (Wildman–Crippen LogP) is 2.85. The lowest BCUT2D eigenvalue weighted by Gasteiger charge is -2.43. The van der Waals surface area contributed by atoms with Gasteiger partial charge in [0, 0.05) is 10.8 Å². The summed E-state index contributed by atoms with van der Waals surface area (Å²) < 4.78 is 0. The third-order valence-electron chi connectivity index (χ3n) is 4.32. The van der Waals surface area contributed by atoms with E-state index < -0.39 is 0 Å². The second-order valence-electron chi connectivity index (χ2n) is 4.97. The van der Waals surface area contributed by atoms with Gasteiger partial charge in [-0.25, -0.2) is 0 Å². The maximum atomic E-state index is 11.1. The van der Waals surface area contributed by atoms with E-state index in [1.807, 2.05) is 30.3 Å². The van der Waals surface area contributed by atoms with Crippen LogP contribution in [0.3, 0.4) is 0 Å². The predicted molar refractivity (Wildman–Crippen MR) is 60.8 cm³/mol. The summed E-state index contributed by atoms with van der Waals surface area (Å²) in [5.74, 6) is 1.08. The molecule has 0 aliphatic heterocycles. The molecule has 16 heavy (non-hydrogen) atoms. The van der Waals surface area contributed by atoms with Crippen LogP contribution < -0.4 is 0 Å². The molecule has 84 valence electrons. The zero-order valence-corrected chi connectivity index (χ0v) is 9.08. The molecule has 2 fully saturated rings. The molecule has 2 aliphatic carbocycles. The lowest BCUT2D eigenvalue weighted by atomic mass is 9.60. The minimum Gasteiger partial charge on any atom is -0.264 e. The van der Waals surface area contributed by atoms with Gasteiger partial charge in [-0.3, -0.25) is 10.1 Å². The highest BCUT2D eigenvalue weighted by molar-refractivity contribution is 5.27. The number of hydrogen-bond acceptors (Lipinski definition) is 2. The first-order valence-corrected chi connectivity index (χ1v) is 5.97. The van der Waals surface area contributed by atoms with Crippen molar-refractivity contribution >= 4 is 0 Å². The zero-order chi connectivity index (χ0) is 11.1.